The molecule has 4 heteroatoms. The van der Waals surface area contributed by atoms with E-state index in [2.05, 4.69) is 131 Å². The maximum atomic E-state index is 12.9. The Balaban J connectivity index is 1.31. The number of carbonyl (C=O) groups excluding carboxylic acids is 1. The number of carbonyl (C=O) groups is 1. The van der Waals surface area contributed by atoms with Crippen molar-refractivity contribution in [3.63, 3.8) is 0 Å². The molecule has 0 bridgehead atoms. The van der Waals surface area contributed by atoms with Crippen LogP contribution in [0.1, 0.15) is 11.7 Å². The molecule has 2 N–H and O–H groups in total. The number of hydrogen-bond acceptors (Lipinski definition) is 1. The van der Waals surface area contributed by atoms with Gasteiger partial charge in [0, 0.05) is 61.4 Å². The van der Waals surface area contributed by atoms with Gasteiger partial charge in [-0.05, 0) is 47.5 Å². The standard InChI is InChI=1S/C38H25N3O/c1-22(42)41-35-18-16-23(25-10-6-12-29-27-8-2-4-14-33(27)39-37(25)29)20-31(35)32-21-24(17-19-36(32)41)26-11-7-13-30-28-9-3-5-15-34(28)40-38(26)30/h2-21,39-40H,1H3. The van der Waals surface area contributed by atoms with E-state index in [4.69, 9.17) is 0 Å². The lowest BCUT2D eigenvalue weighted by Gasteiger charge is -2.06. The smallest absolute Gasteiger partial charge is 0.228 e. The first-order valence-electron chi connectivity index (χ1n) is 14.2. The second kappa shape index (κ2) is 8.45. The van der Waals surface area contributed by atoms with Gasteiger partial charge in [-0.25, -0.2) is 0 Å². The normalized spacial score (nSPS) is 12.0. The molecule has 0 spiro atoms. The van der Waals surface area contributed by atoms with Crippen molar-refractivity contribution in [2.45, 2.75) is 6.92 Å². The van der Waals surface area contributed by atoms with E-state index in [1.807, 2.05) is 4.57 Å². The second-order valence-electron chi connectivity index (χ2n) is 11.1. The first-order valence-corrected chi connectivity index (χ1v) is 14.2. The average Bonchev–Trinajstić information content (AvgIpc) is 3.70. The zero-order valence-corrected chi connectivity index (χ0v) is 22.9. The number of H-pyrrole nitrogens is 2. The molecule has 0 unspecified atom stereocenters. The zero-order valence-electron chi connectivity index (χ0n) is 22.9. The lowest BCUT2D eigenvalue weighted by atomic mass is 9.98. The van der Waals surface area contributed by atoms with Crippen LogP contribution in [0.25, 0.3) is 87.7 Å². The van der Waals surface area contributed by atoms with Crippen molar-refractivity contribution in [3.05, 3.63) is 121 Å². The van der Waals surface area contributed by atoms with Crippen LogP contribution >= 0.6 is 0 Å². The van der Waals surface area contributed by atoms with Gasteiger partial charge in [-0.3, -0.25) is 9.36 Å². The van der Waals surface area contributed by atoms with E-state index in [1.165, 1.54) is 21.5 Å². The number of para-hydroxylation sites is 4. The summed E-state index contributed by atoms with van der Waals surface area (Å²) in [5, 5.41) is 7.00. The van der Waals surface area contributed by atoms with Gasteiger partial charge in [0.2, 0.25) is 5.91 Å². The van der Waals surface area contributed by atoms with Gasteiger partial charge < -0.3 is 9.97 Å². The maximum Gasteiger partial charge on any atom is 0.228 e. The predicted octanol–water partition coefficient (Wildman–Crippen LogP) is 10.1. The number of rotatable bonds is 2. The van der Waals surface area contributed by atoms with Crippen LogP contribution in [0.4, 0.5) is 0 Å². The number of hydrogen-bond donors (Lipinski definition) is 2. The Hall–Kier alpha value is -5.61. The van der Waals surface area contributed by atoms with Crippen molar-refractivity contribution >= 4 is 71.3 Å². The summed E-state index contributed by atoms with van der Waals surface area (Å²) in [6.07, 6.45) is 0. The molecule has 0 amide bonds. The molecule has 3 heterocycles. The summed E-state index contributed by atoms with van der Waals surface area (Å²) in [4.78, 5) is 20.2. The van der Waals surface area contributed by atoms with Crippen LogP contribution in [0.3, 0.4) is 0 Å². The van der Waals surface area contributed by atoms with Crippen LogP contribution < -0.4 is 0 Å². The van der Waals surface area contributed by atoms with E-state index in [-0.39, 0.29) is 5.91 Å². The summed E-state index contributed by atoms with van der Waals surface area (Å²) in [5.74, 6) is 0.00550. The molecule has 0 saturated heterocycles. The van der Waals surface area contributed by atoms with E-state index >= 15 is 0 Å². The van der Waals surface area contributed by atoms with Crippen molar-refractivity contribution in [1.29, 1.82) is 0 Å². The number of fused-ring (bicyclic) bond motifs is 9. The maximum absolute atomic E-state index is 12.9. The highest BCUT2D eigenvalue weighted by Crippen LogP contribution is 2.39. The minimum atomic E-state index is 0.00550. The molecule has 0 saturated carbocycles. The summed E-state index contributed by atoms with van der Waals surface area (Å²) in [7, 11) is 0. The highest BCUT2D eigenvalue weighted by Gasteiger charge is 2.18. The molecule has 6 aromatic carbocycles. The van der Waals surface area contributed by atoms with Gasteiger partial charge in [0.15, 0.2) is 0 Å². The highest BCUT2D eigenvalue weighted by atomic mass is 16.1. The summed E-state index contributed by atoms with van der Waals surface area (Å²) in [6, 6.07) is 42.7. The number of nitrogens with zero attached hydrogens (tertiary/aromatic N) is 1. The Kier molecular flexibility index (Phi) is 4.65. The van der Waals surface area contributed by atoms with Crippen molar-refractivity contribution < 1.29 is 4.79 Å². The second-order valence-corrected chi connectivity index (χ2v) is 11.1. The lowest BCUT2D eigenvalue weighted by Crippen LogP contribution is -2.04. The van der Waals surface area contributed by atoms with E-state index < -0.39 is 0 Å². The van der Waals surface area contributed by atoms with Crippen molar-refractivity contribution in [3.8, 4) is 22.3 Å². The summed E-state index contributed by atoms with van der Waals surface area (Å²) < 4.78 is 1.84. The average molecular weight is 540 g/mol. The molecule has 0 radical (unpaired) electrons. The molecule has 9 aromatic rings. The molecule has 0 aliphatic heterocycles. The Bertz CT molecular complexity index is 2390. The van der Waals surface area contributed by atoms with Crippen molar-refractivity contribution in [2.75, 3.05) is 0 Å². The lowest BCUT2D eigenvalue weighted by molar-refractivity contribution is 0.0946. The van der Waals surface area contributed by atoms with Gasteiger partial charge in [0.1, 0.15) is 0 Å². The first-order chi connectivity index (χ1) is 20.7. The third kappa shape index (κ3) is 3.15. The van der Waals surface area contributed by atoms with Crippen LogP contribution in [0.5, 0.6) is 0 Å². The van der Waals surface area contributed by atoms with Crippen LogP contribution in [-0.2, 0) is 0 Å². The molecular weight excluding hydrogens is 514 g/mol. The minimum Gasteiger partial charge on any atom is -0.354 e. The zero-order chi connectivity index (χ0) is 27.9. The van der Waals surface area contributed by atoms with Crippen LogP contribution in [0.2, 0.25) is 0 Å². The Morgan fingerprint density at radius 3 is 1.43 bits per heavy atom. The van der Waals surface area contributed by atoms with E-state index in [0.29, 0.717) is 0 Å². The third-order valence-corrected chi connectivity index (χ3v) is 8.78. The predicted molar refractivity (Wildman–Crippen MR) is 175 cm³/mol. The Morgan fingerprint density at radius 1 is 0.500 bits per heavy atom. The van der Waals surface area contributed by atoms with Gasteiger partial charge in [-0.2, -0.15) is 0 Å². The number of aromatic amines is 2. The fourth-order valence-corrected chi connectivity index (χ4v) is 6.92. The Morgan fingerprint density at radius 2 is 0.952 bits per heavy atom. The summed E-state index contributed by atoms with van der Waals surface area (Å²) >= 11 is 0. The van der Waals surface area contributed by atoms with Crippen LogP contribution in [0, 0.1) is 0 Å². The molecule has 198 valence electrons. The molecule has 42 heavy (non-hydrogen) atoms. The van der Waals surface area contributed by atoms with E-state index in [9.17, 15) is 4.79 Å². The number of aromatic nitrogens is 3. The first kappa shape index (κ1) is 23.1. The summed E-state index contributed by atoms with van der Waals surface area (Å²) in [5.41, 5.74) is 10.9. The third-order valence-electron chi connectivity index (χ3n) is 8.78. The fourth-order valence-electron chi connectivity index (χ4n) is 6.92. The number of nitrogens with one attached hydrogen (secondary N) is 2. The van der Waals surface area contributed by atoms with Crippen LogP contribution in [0.15, 0.2) is 121 Å². The minimum absolute atomic E-state index is 0.00550. The van der Waals surface area contributed by atoms with Gasteiger partial charge in [0.25, 0.3) is 0 Å². The molecule has 9 rings (SSSR count). The van der Waals surface area contributed by atoms with E-state index in [0.717, 1.165) is 66.1 Å². The van der Waals surface area contributed by atoms with Crippen molar-refractivity contribution in [1.82, 2.24) is 14.5 Å². The fraction of sp³-hybridized carbons (Fsp3) is 0.0263. The molecule has 0 fully saturated rings. The summed E-state index contributed by atoms with van der Waals surface area (Å²) in [6.45, 7) is 1.64. The monoisotopic (exact) mass is 539 g/mol. The van der Waals surface area contributed by atoms with Gasteiger partial charge in [-0.1, -0.05) is 84.9 Å². The van der Waals surface area contributed by atoms with Gasteiger partial charge >= 0.3 is 0 Å². The van der Waals surface area contributed by atoms with Gasteiger partial charge in [0.05, 0.1) is 22.1 Å². The molecule has 3 aromatic heterocycles. The van der Waals surface area contributed by atoms with Crippen molar-refractivity contribution in [2.24, 2.45) is 0 Å². The molecule has 0 atom stereocenters. The molecule has 0 aliphatic rings. The largest absolute Gasteiger partial charge is 0.354 e. The molecular formula is C38H25N3O. The Labute approximate surface area is 240 Å². The SMILES string of the molecule is CC(=O)n1c2ccc(-c3cccc4c3[nH]c3ccccc34)cc2c2cc(-c3cccc4c3[nH]c3ccccc34)ccc21. The molecule has 4 nitrogen and oxygen atoms in total. The highest BCUT2D eigenvalue weighted by molar-refractivity contribution is 6.18. The number of benzene rings is 6. The van der Waals surface area contributed by atoms with E-state index in [1.54, 1.807) is 6.92 Å². The molecule has 0 aliphatic carbocycles. The van der Waals surface area contributed by atoms with Gasteiger partial charge in [-0.15, -0.1) is 0 Å². The quantitative estimate of drug-likeness (QED) is 0.226. The topological polar surface area (TPSA) is 53.6 Å². The van der Waals surface area contributed by atoms with Crippen LogP contribution in [-0.4, -0.2) is 20.4 Å².